The highest BCUT2D eigenvalue weighted by atomic mass is 16.5. The van der Waals surface area contributed by atoms with Gasteiger partial charge in [0.05, 0.1) is 6.61 Å². The molecule has 1 unspecified atom stereocenters. The van der Waals surface area contributed by atoms with E-state index in [1.165, 1.54) is 0 Å². The van der Waals surface area contributed by atoms with E-state index < -0.39 is 0 Å². The standard InChI is InChI=1S/C23H23N7O2/c1-14-6-7-26-18(12-14)28-23(31)16-4-2-15(3-5-16)19-20-21(24)27-8-10-30(20)22(29-19)17-13-25-9-11-32-17/h2-8,10,12,17,25H,9,11,13H2,1H3,(H2,24,27)(H,26,28,31). The fraction of sp³-hybridized carbons (Fsp3) is 0.217. The summed E-state index contributed by atoms with van der Waals surface area (Å²) in [5.74, 6) is 1.44. The molecule has 1 atom stereocenters. The molecule has 4 aromatic rings. The molecule has 1 saturated heterocycles. The molecule has 1 amide bonds. The second-order valence-corrected chi connectivity index (χ2v) is 7.66. The van der Waals surface area contributed by atoms with Crippen molar-refractivity contribution in [3.63, 3.8) is 0 Å². The van der Waals surface area contributed by atoms with Gasteiger partial charge in [0, 0.05) is 42.8 Å². The summed E-state index contributed by atoms with van der Waals surface area (Å²) < 4.78 is 7.84. The molecule has 162 valence electrons. The number of fused-ring (bicyclic) bond motifs is 1. The number of anilines is 2. The zero-order chi connectivity index (χ0) is 22.1. The number of hydrogen-bond donors (Lipinski definition) is 3. The van der Waals surface area contributed by atoms with E-state index in [-0.39, 0.29) is 12.0 Å². The van der Waals surface area contributed by atoms with Crippen molar-refractivity contribution < 1.29 is 9.53 Å². The smallest absolute Gasteiger partial charge is 0.256 e. The number of nitrogens with zero attached hydrogens (tertiary/aromatic N) is 4. The average Bonchev–Trinajstić information content (AvgIpc) is 3.21. The molecular formula is C23H23N7O2. The van der Waals surface area contributed by atoms with Crippen LogP contribution in [0.3, 0.4) is 0 Å². The summed E-state index contributed by atoms with van der Waals surface area (Å²) in [6, 6.07) is 10.9. The second kappa shape index (κ2) is 8.37. The summed E-state index contributed by atoms with van der Waals surface area (Å²) in [4.78, 5) is 25.9. The van der Waals surface area contributed by atoms with E-state index in [1.54, 1.807) is 24.5 Å². The Bertz CT molecular complexity index is 1280. The van der Waals surface area contributed by atoms with Gasteiger partial charge in [0.2, 0.25) is 0 Å². The summed E-state index contributed by atoms with van der Waals surface area (Å²) in [5.41, 5.74) is 10.0. The molecule has 1 aliphatic rings. The van der Waals surface area contributed by atoms with Crippen LogP contribution < -0.4 is 16.4 Å². The van der Waals surface area contributed by atoms with Crippen molar-refractivity contribution in [3.05, 3.63) is 71.9 Å². The first-order chi connectivity index (χ1) is 15.6. The fourth-order valence-electron chi connectivity index (χ4n) is 3.82. The van der Waals surface area contributed by atoms with E-state index in [0.717, 1.165) is 29.0 Å². The average molecular weight is 429 g/mol. The summed E-state index contributed by atoms with van der Waals surface area (Å²) in [5, 5.41) is 6.15. The Morgan fingerprint density at radius 2 is 2.06 bits per heavy atom. The number of morpholine rings is 1. The van der Waals surface area contributed by atoms with Crippen LogP contribution in [0.4, 0.5) is 11.6 Å². The minimum atomic E-state index is -0.229. The number of benzene rings is 1. The zero-order valence-corrected chi connectivity index (χ0v) is 17.6. The molecule has 9 nitrogen and oxygen atoms in total. The summed E-state index contributed by atoms with van der Waals surface area (Å²) >= 11 is 0. The largest absolute Gasteiger partial charge is 0.382 e. The molecular weight excluding hydrogens is 406 g/mol. The number of imidazole rings is 1. The van der Waals surface area contributed by atoms with E-state index in [9.17, 15) is 4.79 Å². The van der Waals surface area contributed by atoms with Gasteiger partial charge < -0.3 is 21.1 Å². The van der Waals surface area contributed by atoms with Gasteiger partial charge in [0.1, 0.15) is 34.8 Å². The van der Waals surface area contributed by atoms with Crippen LogP contribution in [0, 0.1) is 6.92 Å². The summed E-state index contributed by atoms with van der Waals surface area (Å²) in [7, 11) is 0. The molecule has 4 heterocycles. The number of ether oxygens (including phenoxy) is 1. The third kappa shape index (κ3) is 3.79. The number of aromatic nitrogens is 4. The number of aryl methyl sites for hydroxylation is 1. The maximum atomic E-state index is 12.6. The predicted octanol–water partition coefficient (Wildman–Crippen LogP) is 2.60. The summed E-state index contributed by atoms with van der Waals surface area (Å²) in [6.45, 7) is 4.06. The van der Waals surface area contributed by atoms with Gasteiger partial charge in [-0.1, -0.05) is 12.1 Å². The number of pyridine rings is 1. The normalized spacial score (nSPS) is 16.2. The molecule has 5 rings (SSSR count). The molecule has 4 N–H and O–H groups in total. The van der Waals surface area contributed by atoms with Crippen molar-refractivity contribution in [3.8, 4) is 11.3 Å². The molecule has 0 radical (unpaired) electrons. The SMILES string of the molecule is Cc1ccnc(NC(=O)c2ccc(-c3nc(C4CNCCO4)n4ccnc(N)c34)cc2)c1. The van der Waals surface area contributed by atoms with Crippen LogP contribution in [0.2, 0.25) is 0 Å². The lowest BCUT2D eigenvalue weighted by molar-refractivity contribution is 0.0219. The Kier molecular flexibility index (Phi) is 5.26. The third-order valence-electron chi connectivity index (χ3n) is 5.40. The van der Waals surface area contributed by atoms with Crippen molar-refractivity contribution in [2.45, 2.75) is 13.0 Å². The minimum Gasteiger partial charge on any atom is -0.382 e. The van der Waals surface area contributed by atoms with Crippen molar-refractivity contribution >= 4 is 23.1 Å². The van der Waals surface area contributed by atoms with Gasteiger partial charge in [-0.15, -0.1) is 0 Å². The molecule has 0 saturated carbocycles. The van der Waals surface area contributed by atoms with E-state index in [2.05, 4.69) is 20.6 Å². The molecule has 3 aromatic heterocycles. The van der Waals surface area contributed by atoms with Gasteiger partial charge in [0.25, 0.3) is 5.91 Å². The van der Waals surface area contributed by atoms with Crippen molar-refractivity contribution in [1.29, 1.82) is 0 Å². The van der Waals surface area contributed by atoms with Gasteiger partial charge in [-0.2, -0.15) is 0 Å². The molecule has 1 aliphatic heterocycles. The Morgan fingerprint density at radius 1 is 1.22 bits per heavy atom. The maximum absolute atomic E-state index is 12.6. The van der Waals surface area contributed by atoms with E-state index in [4.69, 9.17) is 15.5 Å². The Balaban J connectivity index is 1.47. The van der Waals surface area contributed by atoms with Crippen molar-refractivity contribution in [2.75, 3.05) is 30.7 Å². The monoisotopic (exact) mass is 429 g/mol. The number of hydrogen-bond acceptors (Lipinski definition) is 7. The van der Waals surface area contributed by atoms with Crippen LogP contribution in [0.1, 0.15) is 27.8 Å². The molecule has 0 spiro atoms. The first kappa shape index (κ1) is 20.1. The number of rotatable bonds is 4. The topological polar surface area (TPSA) is 119 Å². The number of nitrogens with one attached hydrogen (secondary N) is 2. The summed E-state index contributed by atoms with van der Waals surface area (Å²) in [6.07, 6.45) is 4.98. The first-order valence-corrected chi connectivity index (χ1v) is 10.4. The predicted molar refractivity (Wildman–Crippen MR) is 121 cm³/mol. The van der Waals surface area contributed by atoms with Crippen LogP contribution in [-0.4, -0.2) is 45.0 Å². The van der Waals surface area contributed by atoms with Gasteiger partial charge in [-0.05, 0) is 36.8 Å². The highest BCUT2D eigenvalue weighted by Crippen LogP contribution is 2.31. The van der Waals surface area contributed by atoms with Crippen LogP contribution in [0.25, 0.3) is 16.8 Å². The molecule has 1 fully saturated rings. The van der Waals surface area contributed by atoms with Gasteiger partial charge >= 0.3 is 0 Å². The number of carbonyl (C=O) groups is 1. The number of nitrogen functional groups attached to an aromatic ring is 1. The highest BCUT2D eigenvalue weighted by Gasteiger charge is 2.24. The minimum absolute atomic E-state index is 0.182. The molecule has 32 heavy (non-hydrogen) atoms. The lowest BCUT2D eigenvalue weighted by Crippen LogP contribution is -2.34. The molecule has 0 bridgehead atoms. The second-order valence-electron chi connectivity index (χ2n) is 7.66. The number of amides is 1. The first-order valence-electron chi connectivity index (χ1n) is 10.4. The van der Waals surface area contributed by atoms with Gasteiger partial charge in [-0.3, -0.25) is 9.20 Å². The number of carbonyl (C=O) groups excluding carboxylic acids is 1. The van der Waals surface area contributed by atoms with Crippen LogP contribution in [0.15, 0.2) is 55.0 Å². The van der Waals surface area contributed by atoms with Crippen LogP contribution in [0.5, 0.6) is 0 Å². The van der Waals surface area contributed by atoms with E-state index in [1.807, 2.05) is 41.8 Å². The maximum Gasteiger partial charge on any atom is 0.256 e. The van der Waals surface area contributed by atoms with Crippen LogP contribution >= 0.6 is 0 Å². The Hall–Kier alpha value is -3.82. The van der Waals surface area contributed by atoms with Gasteiger partial charge in [-0.25, -0.2) is 15.0 Å². The highest BCUT2D eigenvalue weighted by molar-refractivity contribution is 6.04. The van der Waals surface area contributed by atoms with Crippen molar-refractivity contribution in [1.82, 2.24) is 24.7 Å². The molecule has 9 heteroatoms. The lowest BCUT2D eigenvalue weighted by atomic mass is 10.1. The number of nitrogens with two attached hydrogens (primary N) is 1. The van der Waals surface area contributed by atoms with E-state index in [0.29, 0.717) is 36.0 Å². The molecule has 1 aromatic carbocycles. The Labute approximate surface area is 184 Å². The molecule has 0 aliphatic carbocycles. The quantitative estimate of drug-likeness (QED) is 0.456. The van der Waals surface area contributed by atoms with Crippen LogP contribution in [-0.2, 0) is 4.74 Å². The zero-order valence-electron chi connectivity index (χ0n) is 17.6. The Morgan fingerprint density at radius 3 is 2.81 bits per heavy atom. The van der Waals surface area contributed by atoms with E-state index >= 15 is 0 Å². The lowest BCUT2D eigenvalue weighted by Gasteiger charge is -2.22. The van der Waals surface area contributed by atoms with Crippen molar-refractivity contribution in [2.24, 2.45) is 0 Å². The third-order valence-corrected chi connectivity index (χ3v) is 5.40. The fourth-order valence-corrected chi connectivity index (χ4v) is 3.82. The van der Waals surface area contributed by atoms with Gasteiger partial charge in [0.15, 0.2) is 0 Å².